The van der Waals surface area contributed by atoms with Crippen LogP contribution in [0.2, 0.25) is 0 Å². The number of likely N-dealkylation sites (N-methyl/N-ethyl adjacent to an activating group) is 1. The fourth-order valence-electron chi connectivity index (χ4n) is 5.53. The van der Waals surface area contributed by atoms with Crippen molar-refractivity contribution in [2.75, 3.05) is 26.9 Å². The standard InChI is InChI=1S/C26H28N2O6/c1-27(23(12-24(29)30)25(31)28-16-10-11-17(28)14-33-13-16)26(32)34-15-22-20-8-4-2-6-18(20)19-7-3-5-9-21(19)22/h2-9,16-17,22-23H,10-15H2,1H3,(H,29,30)/i/hD. The number of nitrogens with zero attached hydrogens (tertiary/aromatic N) is 2. The van der Waals surface area contributed by atoms with Gasteiger partial charge < -0.3 is 19.5 Å². The molecular formula is C26H28N2O6. The Bertz CT molecular complexity index is 1080. The Morgan fingerprint density at radius 3 is 2.26 bits per heavy atom. The molecule has 0 aromatic heterocycles. The van der Waals surface area contributed by atoms with E-state index in [-0.39, 0.29) is 30.5 Å². The third kappa shape index (κ3) is 3.92. The Labute approximate surface area is 199 Å². The minimum absolute atomic E-state index is 0.0771. The van der Waals surface area contributed by atoms with E-state index in [1.807, 2.05) is 36.4 Å². The van der Waals surface area contributed by atoms with E-state index in [4.69, 9.17) is 10.9 Å². The topological polar surface area (TPSA) is 96.4 Å². The van der Waals surface area contributed by atoms with Gasteiger partial charge in [0, 0.05) is 13.0 Å². The number of carbonyl (C=O) groups excluding carboxylic acids is 2. The van der Waals surface area contributed by atoms with Gasteiger partial charge in [-0.2, -0.15) is 0 Å². The number of aliphatic carboxylic acids is 1. The summed E-state index contributed by atoms with van der Waals surface area (Å²) in [5.41, 5.74) is 4.40. The second kappa shape index (κ2) is 9.10. The maximum absolute atomic E-state index is 13.5. The molecule has 2 amide bonds. The molecule has 2 aromatic rings. The molecule has 0 spiro atoms. The fourth-order valence-corrected chi connectivity index (χ4v) is 5.53. The van der Waals surface area contributed by atoms with Crippen LogP contribution in [0.5, 0.6) is 0 Å². The highest BCUT2D eigenvalue weighted by molar-refractivity contribution is 5.90. The van der Waals surface area contributed by atoms with E-state index in [2.05, 4.69) is 17.2 Å². The van der Waals surface area contributed by atoms with Crippen LogP contribution in [0.3, 0.4) is 0 Å². The molecule has 34 heavy (non-hydrogen) atoms. The number of benzene rings is 2. The van der Waals surface area contributed by atoms with Gasteiger partial charge in [0.2, 0.25) is 5.91 Å². The maximum atomic E-state index is 13.5. The molecule has 3 atom stereocenters. The molecule has 3 unspecified atom stereocenters. The fraction of sp³-hybridized carbons (Fsp3) is 0.423. The van der Waals surface area contributed by atoms with Crippen molar-refractivity contribution >= 4 is 18.0 Å². The van der Waals surface area contributed by atoms with E-state index >= 15 is 0 Å². The number of fused-ring (bicyclic) bond motifs is 5. The molecular weight excluding hydrogens is 436 g/mol. The molecule has 178 valence electrons. The highest BCUT2D eigenvalue weighted by atomic mass is 16.6. The summed E-state index contributed by atoms with van der Waals surface area (Å²) in [6.07, 6.45) is 0.518. The zero-order valence-electron chi connectivity index (χ0n) is 20.0. The number of carbonyl (C=O) groups is 3. The first-order chi connectivity index (χ1) is 17.0. The summed E-state index contributed by atoms with van der Waals surface area (Å²) in [6, 6.07) is 14.8. The van der Waals surface area contributed by atoms with E-state index in [1.165, 1.54) is 7.05 Å². The SMILES string of the molecule is [2H]OC(=O)CC(C(=O)N1C2CCC1COC2)N(C)C(=O)OCC1c2ccccc2-c2ccccc21. The number of morpholine rings is 1. The Hall–Kier alpha value is -3.39. The zero-order chi connectivity index (χ0) is 24.5. The van der Waals surface area contributed by atoms with E-state index in [0.717, 1.165) is 40.0 Å². The molecule has 2 bridgehead atoms. The molecule has 2 aliphatic heterocycles. The molecule has 1 N–H and O–H groups in total. The minimum Gasteiger partial charge on any atom is -0.481 e. The van der Waals surface area contributed by atoms with Gasteiger partial charge in [0.1, 0.15) is 12.6 Å². The molecule has 2 aromatic carbocycles. The molecule has 8 nitrogen and oxygen atoms in total. The van der Waals surface area contributed by atoms with Gasteiger partial charge >= 0.3 is 12.1 Å². The van der Waals surface area contributed by atoms with Crippen LogP contribution in [-0.4, -0.2) is 77.9 Å². The van der Waals surface area contributed by atoms with Crippen molar-refractivity contribution in [1.29, 1.82) is 1.43 Å². The maximum Gasteiger partial charge on any atom is 0.410 e. The van der Waals surface area contributed by atoms with Gasteiger partial charge in [-0.25, -0.2) is 4.79 Å². The number of carboxylic acid groups (broad SMARTS) is 1. The van der Waals surface area contributed by atoms with Gasteiger partial charge in [0.05, 0.1) is 31.7 Å². The van der Waals surface area contributed by atoms with Crippen LogP contribution < -0.4 is 0 Å². The van der Waals surface area contributed by atoms with Crippen molar-refractivity contribution in [3.63, 3.8) is 0 Å². The van der Waals surface area contributed by atoms with E-state index < -0.39 is 24.5 Å². The van der Waals surface area contributed by atoms with Crippen molar-refractivity contribution < 1.29 is 29.0 Å². The van der Waals surface area contributed by atoms with Crippen LogP contribution in [0.25, 0.3) is 12.6 Å². The van der Waals surface area contributed by atoms with Crippen molar-refractivity contribution in [1.82, 2.24) is 9.80 Å². The van der Waals surface area contributed by atoms with Gasteiger partial charge in [0.15, 0.2) is 0 Å². The number of carboxylic acids is 1. The number of hydrogen-bond donors (Lipinski definition) is 1. The highest BCUT2D eigenvalue weighted by Gasteiger charge is 2.45. The summed E-state index contributed by atoms with van der Waals surface area (Å²) < 4.78 is 18.2. The minimum atomic E-state index is -1.12. The van der Waals surface area contributed by atoms with Crippen LogP contribution in [0.4, 0.5) is 4.79 Å². The second-order valence-electron chi connectivity index (χ2n) is 9.17. The normalized spacial score (nSPS) is 21.8. The van der Waals surface area contributed by atoms with Gasteiger partial charge in [-0.3, -0.25) is 14.5 Å². The molecule has 0 saturated carbocycles. The smallest absolute Gasteiger partial charge is 0.410 e. The van der Waals surface area contributed by atoms with E-state index in [9.17, 15) is 14.4 Å². The van der Waals surface area contributed by atoms with Crippen molar-refractivity contribution in [3.8, 4) is 11.1 Å². The van der Waals surface area contributed by atoms with E-state index in [1.54, 1.807) is 4.90 Å². The Balaban J connectivity index is 1.32. The number of hydrogen-bond acceptors (Lipinski definition) is 6. The lowest BCUT2D eigenvalue weighted by molar-refractivity contribution is -0.150. The number of amides is 2. The van der Waals surface area contributed by atoms with Crippen LogP contribution in [0, 0.1) is 0 Å². The first-order valence-corrected chi connectivity index (χ1v) is 11.6. The number of ether oxygens (including phenoxy) is 2. The summed E-state index contributed by atoms with van der Waals surface area (Å²) in [7, 11) is 1.45. The Morgan fingerprint density at radius 1 is 1.09 bits per heavy atom. The Kier molecular flexibility index (Phi) is 5.66. The lowest BCUT2D eigenvalue weighted by Gasteiger charge is -2.38. The van der Waals surface area contributed by atoms with Crippen molar-refractivity contribution in [3.05, 3.63) is 59.7 Å². The molecule has 5 rings (SSSR count). The zero-order valence-corrected chi connectivity index (χ0v) is 19.0. The summed E-state index contributed by atoms with van der Waals surface area (Å²) >= 11 is 0. The average molecular weight is 466 g/mol. The van der Waals surface area contributed by atoms with Gasteiger partial charge in [-0.15, -0.1) is 0 Å². The lowest BCUT2D eigenvalue weighted by Crippen LogP contribution is -2.57. The van der Waals surface area contributed by atoms with Crippen LogP contribution in [0.1, 0.15) is 36.3 Å². The molecule has 2 heterocycles. The highest BCUT2D eigenvalue weighted by Crippen LogP contribution is 2.44. The van der Waals surface area contributed by atoms with E-state index in [0.29, 0.717) is 13.2 Å². The van der Waals surface area contributed by atoms with Crippen molar-refractivity contribution in [2.45, 2.75) is 43.3 Å². The first-order valence-electron chi connectivity index (χ1n) is 12.0. The number of rotatable bonds is 6. The van der Waals surface area contributed by atoms with Crippen LogP contribution in [0.15, 0.2) is 48.5 Å². The average Bonchev–Trinajstić information content (AvgIpc) is 3.34. The molecule has 8 heteroatoms. The molecule has 1 aliphatic carbocycles. The summed E-state index contributed by atoms with van der Waals surface area (Å²) in [5.74, 6) is -1.35. The van der Waals surface area contributed by atoms with Crippen LogP contribution >= 0.6 is 0 Å². The molecule has 2 saturated heterocycles. The quantitative estimate of drug-likeness (QED) is 0.704. The summed E-state index contributed by atoms with van der Waals surface area (Å²) in [6.45, 7) is 0.975. The van der Waals surface area contributed by atoms with Crippen molar-refractivity contribution in [2.24, 2.45) is 0 Å². The molecule has 0 radical (unpaired) electrons. The van der Waals surface area contributed by atoms with Gasteiger partial charge in [-0.05, 0) is 35.1 Å². The largest absolute Gasteiger partial charge is 0.481 e. The predicted octanol–water partition coefficient (Wildman–Crippen LogP) is 3.10. The third-order valence-electron chi connectivity index (χ3n) is 7.23. The molecule has 2 fully saturated rings. The third-order valence-corrected chi connectivity index (χ3v) is 7.23. The summed E-state index contributed by atoms with van der Waals surface area (Å²) in [5, 5.41) is 4.07. The molecule has 3 aliphatic rings. The predicted molar refractivity (Wildman–Crippen MR) is 123 cm³/mol. The van der Waals surface area contributed by atoms with Gasteiger partial charge in [-0.1, -0.05) is 48.5 Å². The first kappa shape index (κ1) is 21.2. The van der Waals surface area contributed by atoms with Crippen LogP contribution in [-0.2, 0) is 19.1 Å². The lowest BCUT2D eigenvalue weighted by atomic mass is 9.98. The Morgan fingerprint density at radius 2 is 1.68 bits per heavy atom. The van der Waals surface area contributed by atoms with Gasteiger partial charge in [0.25, 0.3) is 1.43 Å². The monoisotopic (exact) mass is 465 g/mol. The summed E-state index contributed by atoms with van der Waals surface area (Å²) in [4.78, 5) is 41.5. The second-order valence-corrected chi connectivity index (χ2v) is 9.17.